The van der Waals surface area contributed by atoms with E-state index >= 15 is 0 Å². The molecular weight excluding hydrogens is 468 g/mol. The van der Waals surface area contributed by atoms with Gasteiger partial charge in [-0.05, 0) is 44.9 Å². The molecule has 0 amide bonds. The number of carbonyl (C=O) groups excluding carboxylic acids is 1. The maximum atomic E-state index is 11.8. The zero-order valence-corrected chi connectivity index (χ0v) is 21.2. The first-order valence-electron chi connectivity index (χ1n) is 12.8. The quantitative estimate of drug-likeness (QED) is 0.106. The van der Waals surface area contributed by atoms with E-state index in [0.29, 0.717) is 6.42 Å². The Morgan fingerprint density at radius 2 is 1.47 bits per heavy atom. The van der Waals surface area contributed by atoms with E-state index in [-0.39, 0.29) is 19.6 Å². The maximum absolute atomic E-state index is 11.8. The maximum Gasteiger partial charge on any atom is 0.305 e. The number of hydrogen-bond donors (Lipinski definition) is 5. The zero-order chi connectivity index (χ0) is 26.6. The van der Waals surface area contributed by atoms with Crippen LogP contribution < -0.4 is 0 Å². The van der Waals surface area contributed by atoms with Gasteiger partial charge in [-0.1, -0.05) is 55.5 Å². The van der Waals surface area contributed by atoms with Crippen LogP contribution in [0.15, 0.2) is 48.6 Å². The largest absolute Gasteiger partial charge is 0.463 e. The molecule has 0 aliphatic carbocycles. The fraction of sp³-hybridized carbons (Fsp3) is 0.667. The molecule has 36 heavy (non-hydrogen) atoms. The fourth-order valence-corrected chi connectivity index (χ4v) is 3.35. The third kappa shape index (κ3) is 14.0. The number of esters is 1. The highest BCUT2D eigenvalue weighted by Gasteiger charge is 2.44. The number of aliphatic hydroxyl groups is 5. The predicted octanol–water partition coefficient (Wildman–Crippen LogP) is 2.07. The first-order valence-corrected chi connectivity index (χ1v) is 12.8. The number of ether oxygens (including phenoxy) is 3. The molecule has 0 aromatic rings. The molecule has 0 bridgehead atoms. The van der Waals surface area contributed by atoms with E-state index in [4.69, 9.17) is 19.3 Å². The summed E-state index contributed by atoms with van der Waals surface area (Å²) in [6, 6.07) is 0. The van der Waals surface area contributed by atoms with Crippen molar-refractivity contribution in [3.8, 4) is 0 Å². The number of allylic oxidation sites excluding steroid dienone is 8. The lowest BCUT2D eigenvalue weighted by atomic mass is 9.99. The van der Waals surface area contributed by atoms with Crippen molar-refractivity contribution in [2.45, 2.75) is 95.1 Å². The molecule has 1 aliphatic heterocycles. The standard InChI is InChI=1S/C27H44O9/c1-2-3-4-5-6-7-8-9-10-11-12-13-14-15-16-17-23(30)34-19-21(29)20-35-27-26(33)25(32)24(31)22(18-28)36-27/h3-4,6-7,9-10,12-13,21-22,24-29,31-33H,2,5,8,11,14-20H2,1H3/b4-3-,7-6-,10-9-,13-12-/t21-,22+,24-,25-,26+,27+/m0/s1. The normalized spacial score (nSPS) is 26.0. The van der Waals surface area contributed by atoms with Crippen LogP contribution in [0.5, 0.6) is 0 Å². The van der Waals surface area contributed by atoms with Gasteiger partial charge in [-0.25, -0.2) is 0 Å². The van der Waals surface area contributed by atoms with Crippen LogP contribution in [0.1, 0.15) is 58.3 Å². The molecule has 5 N–H and O–H groups in total. The topological polar surface area (TPSA) is 146 Å². The summed E-state index contributed by atoms with van der Waals surface area (Å²) in [6.45, 7) is 0.931. The van der Waals surface area contributed by atoms with Crippen molar-refractivity contribution >= 4 is 5.97 Å². The van der Waals surface area contributed by atoms with E-state index in [1.165, 1.54) is 0 Å². The Balaban J connectivity index is 2.06. The van der Waals surface area contributed by atoms with Gasteiger partial charge in [0.25, 0.3) is 0 Å². The smallest absolute Gasteiger partial charge is 0.305 e. The van der Waals surface area contributed by atoms with E-state index in [1.807, 2.05) is 0 Å². The first kappa shape index (κ1) is 32.2. The van der Waals surface area contributed by atoms with Crippen molar-refractivity contribution < 1.29 is 44.5 Å². The van der Waals surface area contributed by atoms with Gasteiger partial charge in [0.2, 0.25) is 0 Å². The van der Waals surface area contributed by atoms with Crippen LogP contribution in [0.3, 0.4) is 0 Å². The van der Waals surface area contributed by atoms with Crippen LogP contribution in [0.2, 0.25) is 0 Å². The summed E-state index contributed by atoms with van der Waals surface area (Å²) in [5.41, 5.74) is 0. The van der Waals surface area contributed by atoms with Crippen molar-refractivity contribution in [3.63, 3.8) is 0 Å². The molecule has 206 valence electrons. The average molecular weight is 513 g/mol. The van der Waals surface area contributed by atoms with E-state index < -0.39 is 49.4 Å². The molecule has 1 heterocycles. The van der Waals surface area contributed by atoms with E-state index in [0.717, 1.165) is 38.5 Å². The lowest BCUT2D eigenvalue weighted by molar-refractivity contribution is -0.305. The molecule has 0 aromatic heterocycles. The second kappa shape index (κ2) is 20.2. The number of unbranched alkanes of at least 4 members (excludes halogenated alkanes) is 2. The first-order chi connectivity index (χ1) is 17.4. The van der Waals surface area contributed by atoms with Gasteiger partial charge in [0, 0.05) is 6.42 Å². The van der Waals surface area contributed by atoms with Crippen molar-refractivity contribution in [2.24, 2.45) is 0 Å². The van der Waals surface area contributed by atoms with Crippen LogP contribution in [-0.2, 0) is 19.0 Å². The third-order valence-corrected chi connectivity index (χ3v) is 5.46. The molecule has 6 atom stereocenters. The molecule has 0 unspecified atom stereocenters. The summed E-state index contributed by atoms with van der Waals surface area (Å²) >= 11 is 0. The highest BCUT2D eigenvalue weighted by atomic mass is 16.7. The lowest BCUT2D eigenvalue weighted by Gasteiger charge is -2.39. The molecule has 1 saturated heterocycles. The molecule has 0 spiro atoms. The predicted molar refractivity (Wildman–Crippen MR) is 136 cm³/mol. The monoisotopic (exact) mass is 512 g/mol. The van der Waals surface area contributed by atoms with E-state index in [2.05, 4.69) is 55.5 Å². The Hall–Kier alpha value is -1.85. The van der Waals surface area contributed by atoms with Crippen LogP contribution in [-0.4, -0.2) is 88.1 Å². The van der Waals surface area contributed by atoms with Crippen LogP contribution >= 0.6 is 0 Å². The zero-order valence-electron chi connectivity index (χ0n) is 21.2. The van der Waals surface area contributed by atoms with Crippen molar-refractivity contribution in [2.75, 3.05) is 19.8 Å². The Morgan fingerprint density at radius 3 is 2.08 bits per heavy atom. The summed E-state index contributed by atoms with van der Waals surface area (Å²) < 4.78 is 15.4. The molecule has 1 aliphatic rings. The summed E-state index contributed by atoms with van der Waals surface area (Å²) in [5, 5.41) is 48.5. The molecule has 9 nitrogen and oxygen atoms in total. The van der Waals surface area contributed by atoms with E-state index in [1.54, 1.807) is 0 Å². The molecule has 1 rings (SSSR count). The van der Waals surface area contributed by atoms with Gasteiger partial charge in [-0.2, -0.15) is 0 Å². The molecule has 0 radical (unpaired) electrons. The molecule has 0 aromatic carbocycles. The minimum Gasteiger partial charge on any atom is -0.463 e. The third-order valence-electron chi connectivity index (χ3n) is 5.46. The second-order valence-electron chi connectivity index (χ2n) is 8.61. The highest BCUT2D eigenvalue weighted by Crippen LogP contribution is 2.22. The Kier molecular flexibility index (Phi) is 18.1. The average Bonchev–Trinajstić information content (AvgIpc) is 2.88. The Morgan fingerprint density at radius 1 is 0.861 bits per heavy atom. The number of carbonyl (C=O) groups is 1. The summed E-state index contributed by atoms with van der Waals surface area (Å²) in [6.07, 6.45) is 15.4. The molecule has 0 saturated carbocycles. The molecule has 1 fully saturated rings. The van der Waals surface area contributed by atoms with Crippen LogP contribution in [0.4, 0.5) is 0 Å². The number of rotatable bonds is 18. The van der Waals surface area contributed by atoms with Gasteiger partial charge < -0.3 is 39.7 Å². The molecular formula is C27H44O9. The van der Waals surface area contributed by atoms with Gasteiger partial charge in [-0.3, -0.25) is 4.79 Å². The SMILES string of the molecule is CC/C=C\C/C=C\C/C=C\C/C=C\CCCCC(=O)OC[C@H](O)CO[C@@H]1O[C@H](CO)[C@H](O)[C@H](O)[C@H]1O. The van der Waals surface area contributed by atoms with Crippen molar-refractivity contribution in [1.82, 2.24) is 0 Å². The van der Waals surface area contributed by atoms with Crippen molar-refractivity contribution in [1.29, 1.82) is 0 Å². The summed E-state index contributed by atoms with van der Waals surface area (Å²) in [4.78, 5) is 11.8. The number of hydrogen-bond acceptors (Lipinski definition) is 9. The summed E-state index contributed by atoms with van der Waals surface area (Å²) in [5.74, 6) is -0.424. The van der Waals surface area contributed by atoms with Gasteiger partial charge in [0.1, 0.15) is 37.1 Å². The van der Waals surface area contributed by atoms with Crippen molar-refractivity contribution in [3.05, 3.63) is 48.6 Å². The summed E-state index contributed by atoms with van der Waals surface area (Å²) in [7, 11) is 0. The number of aliphatic hydroxyl groups excluding tert-OH is 5. The Labute approximate surface area is 214 Å². The van der Waals surface area contributed by atoms with Crippen LogP contribution in [0.25, 0.3) is 0 Å². The van der Waals surface area contributed by atoms with Gasteiger partial charge in [-0.15, -0.1) is 0 Å². The lowest BCUT2D eigenvalue weighted by Crippen LogP contribution is -2.59. The van der Waals surface area contributed by atoms with Crippen LogP contribution in [0, 0.1) is 0 Å². The van der Waals surface area contributed by atoms with Gasteiger partial charge >= 0.3 is 5.97 Å². The highest BCUT2D eigenvalue weighted by molar-refractivity contribution is 5.69. The minimum atomic E-state index is -1.56. The van der Waals surface area contributed by atoms with Gasteiger partial charge in [0.15, 0.2) is 6.29 Å². The van der Waals surface area contributed by atoms with Gasteiger partial charge in [0.05, 0.1) is 13.2 Å². The molecule has 9 heteroatoms. The van der Waals surface area contributed by atoms with E-state index in [9.17, 15) is 25.2 Å². The fourth-order valence-electron chi connectivity index (χ4n) is 3.35. The Bertz CT molecular complexity index is 687. The minimum absolute atomic E-state index is 0.244. The second-order valence-corrected chi connectivity index (χ2v) is 8.61.